The Morgan fingerprint density at radius 3 is 2.81 bits per heavy atom. The minimum atomic E-state index is -0.726. The van der Waals surface area contributed by atoms with Crippen LogP contribution >= 0.6 is 0 Å². The van der Waals surface area contributed by atoms with Crippen molar-refractivity contribution in [1.29, 1.82) is 0 Å². The number of pyridine rings is 1. The number of hydrazone groups is 1. The number of hydrogen-bond acceptors (Lipinski definition) is 5. The van der Waals surface area contributed by atoms with Crippen LogP contribution in [0.4, 0.5) is 10.2 Å². The fourth-order valence-corrected chi connectivity index (χ4v) is 5.48. The molecule has 2 atom stereocenters. The number of carbonyl (C=O) groups is 1. The number of aliphatic carboxylic acids is 1. The highest BCUT2D eigenvalue weighted by Crippen LogP contribution is 2.48. The van der Waals surface area contributed by atoms with Crippen LogP contribution in [0.25, 0.3) is 22.4 Å². The Kier molecular flexibility index (Phi) is 3.99. The van der Waals surface area contributed by atoms with Crippen molar-refractivity contribution in [2.24, 2.45) is 28.8 Å². The SMILES string of the molecule is O=C(O)[C@@H]1C2CCC(CC2)C1/C=[N+]1/N=Cc2cnc(-c3c[nH]c4ncc(F)cc34)nc21. The highest BCUT2D eigenvalue weighted by molar-refractivity contribution is 5.92. The summed E-state index contributed by atoms with van der Waals surface area (Å²) in [4.78, 5) is 28.2. The van der Waals surface area contributed by atoms with Gasteiger partial charge < -0.3 is 10.1 Å². The van der Waals surface area contributed by atoms with Gasteiger partial charge in [0.05, 0.1) is 23.9 Å². The number of halogens is 1. The maximum Gasteiger partial charge on any atom is 0.361 e. The number of H-pyrrole nitrogens is 1. The quantitative estimate of drug-likeness (QED) is 0.633. The largest absolute Gasteiger partial charge is 0.481 e. The number of nitrogens with zero attached hydrogens (tertiary/aromatic N) is 5. The van der Waals surface area contributed by atoms with Crippen LogP contribution in [0.1, 0.15) is 31.2 Å². The van der Waals surface area contributed by atoms with Crippen molar-refractivity contribution in [2.45, 2.75) is 25.7 Å². The van der Waals surface area contributed by atoms with Gasteiger partial charge in [0.15, 0.2) is 0 Å². The summed E-state index contributed by atoms with van der Waals surface area (Å²) in [5.74, 6) is 0.0125. The van der Waals surface area contributed by atoms with Gasteiger partial charge in [-0.25, -0.2) is 14.4 Å². The van der Waals surface area contributed by atoms with Crippen LogP contribution < -0.4 is 0 Å². The summed E-state index contributed by atoms with van der Waals surface area (Å²) in [6.45, 7) is 0. The third kappa shape index (κ3) is 2.87. The van der Waals surface area contributed by atoms with Gasteiger partial charge in [0.1, 0.15) is 23.2 Å². The number of hydrogen-bond donors (Lipinski definition) is 2. The molecule has 3 aliphatic carbocycles. The molecule has 7 rings (SSSR count). The fourth-order valence-electron chi connectivity index (χ4n) is 5.48. The molecule has 2 N–H and O–H groups in total. The van der Waals surface area contributed by atoms with E-state index in [2.05, 4.69) is 20.1 Å². The van der Waals surface area contributed by atoms with E-state index in [9.17, 15) is 14.3 Å². The predicted molar refractivity (Wildman–Crippen MR) is 111 cm³/mol. The minimum Gasteiger partial charge on any atom is -0.481 e. The normalized spacial score (nSPS) is 27.8. The van der Waals surface area contributed by atoms with Crippen molar-refractivity contribution in [2.75, 3.05) is 0 Å². The molecule has 3 aromatic rings. The zero-order chi connectivity index (χ0) is 21.1. The lowest BCUT2D eigenvalue weighted by atomic mass is 9.59. The van der Waals surface area contributed by atoms with E-state index in [4.69, 9.17) is 4.98 Å². The Labute approximate surface area is 176 Å². The topological polar surface area (TPSA) is 107 Å². The highest BCUT2D eigenvalue weighted by Gasteiger charge is 2.48. The van der Waals surface area contributed by atoms with Gasteiger partial charge in [0.25, 0.3) is 5.82 Å². The molecule has 4 aliphatic rings. The smallest absolute Gasteiger partial charge is 0.361 e. The summed E-state index contributed by atoms with van der Waals surface area (Å²) < 4.78 is 15.4. The van der Waals surface area contributed by atoms with E-state index in [0.717, 1.165) is 37.4 Å². The van der Waals surface area contributed by atoms with Crippen molar-refractivity contribution in [3.05, 3.63) is 36.0 Å². The number of carboxylic acid groups (broad SMARTS) is 1. The van der Waals surface area contributed by atoms with E-state index in [1.54, 1.807) is 23.3 Å². The first-order valence-electron chi connectivity index (χ1n) is 10.5. The molecule has 0 radical (unpaired) electrons. The van der Waals surface area contributed by atoms with Gasteiger partial charge in [-0.05, 0) is 48.6 Å². The van der Waals surface area contributed by atoms with Crippen LogP contribution in [-0.4, -0.2) is 48.1 Å². The predicted octanol–water partition coefficient (Wildman–Crippen LogP) is 3.36. The van der Waals surface area contributed by atoms with Crippen LogP contribution in [0.2, 0.25) is 0 Å². The van der Waals surface area contributed by atoms with Crippen molar-refractivity contribution >= 4 is 35.2 Å². The van der Waals surface area contributed by atoms with Gasteiger partial charge in [-0.1, -0.05) is 5.10 Å². The maximum atomic E-state index is 13.7. The number of fused-ring (bicyclic) bond motifs is 5. The molecule has 156 valence electrons. The Balaban J connectivity index is 1.41. The van der Waals surface area contributed by atoms with Gasteiger partial charge in [-0.2, -0.15) is 0 Å². The Morgan fingerprint density at radius 2 is 2.00 bits per heavy atom. The number of rotatable bonds is 3. The summed E-state index contributed by atoms with van der Waals surface area (Å²) in [5.41, 5.74) is 1.97. The molecule has 0 aromatic carbocycles. The molecular formula is C22H20FN6O2+. The van der Waals surface area contributed by atoms with Crippen molar-refractivity contribution in [3.63, 3.8) is 0 Å². The van der Waals surface area contributed by atoms with Crippen LogP contribution in [0.3, 0.4) is 0 Å². The van der Waals surface area contributed by atoms with E-state index >= 15 is 0 Å². The molecule has 3 fully saturated rings. The van der Waals surface area contributed by atoms with Crippen molar-refractivity contribution < 1.29 is 19.0 Å². The van der Waals surface area contributed by atoms with Crippen LogP contribution in [-0.2, 0) is 4.79 Å². The summed E-state index contributed by atoms with van der Waals surface area (Å²) in [5, 5.41) is 14.9. The second kappa shape index (κ2) is 6.76. The van der Waals surface area contributed by atoms with E-state index < -0.39 is 11.8 Å². The van der Waals surface area contributed by atoms with Gasteiger partial charge in [-0.15, -0.1) is 4.68 Å². The Morgan fingerprint density at radius 1 is 1.19 bits per heavy atom. The lowest BCUT2D eigenvalue weighted by Crippen LogP contribution is -2.45. The molecule has 0 amide bonds. The second-order valence-corrected chi connectivity index (χ2v) is 8.58. The zero-order valence-electron chi connectivity index (χ0n) is 16.6. The molecule has 4 heterocycles. The first-order valence-corrected chi connectivity index (χ1v) is 10.5. The molecule has 9 heteroatoms. The summed E-state index contributed by atoms with van der Waals surface area (Å²) >= 11 is 0. The monoisotopic (exact) mass is 419 g/mol. The molecule has 0 spiro atoms. The first-order chi connectivity index (χ1) is 15.1. The molecule has 0 saturated heterocycles. The fraction of sp³-hybridized carbons (Fsp3) is 0.364. The molecule has 3 aromatic heterocycles. The van der Waals surface area contributed by atoms with Crippen LogP contribution in [0.5, 0.6) is 0 Å². The third-order valence-corrected chi connectivity index (χ3v) is 6.95. The van der Waals surface area contributed by atoms with Gasteiger partial charge in [0.2, 0.25) is 0 Å². The van der Waals surface area contributed by atoms with E-state index in [1.807, 2.05) is 6.21 Å². The van der Waals surface area contributed by atoms with Crippen molar-refractivity contribution in [3.8, 4) is 11.4 Å². The van der Waals surface area contributed by atoms with E-state index in [-0.39, 0.29) is 17.8 Å². The summed E-state index contributed by atoms with van der Waals surface area (Å²) in [6, 6.07) is 1.40. The van der Waals surface area contributed by atoms with E-state index in [0.29, 0.717) is 34.2 Å². The number of aromatic amines is 1. The molecule has 1 unspecified atom stereocenters. The average Bonchev–Trinajstić information content (AvgIpc) is 3.37. The second-order valence-electron chi connectivity index (χ2n) is 8.58. The van der Waals surface area contributed by atoms with E-state index in [1.165, 1.54) is 6.07 Å². The van der Waals surface area contributed by atoms with Gasteiger partial charge >= 0.3 is 11.8 Å². The van der Waals surface area contributed by atoms with Crippen LogP contribution in [0, 0.1) is 29.5 Å². The van der Waals surface area contributed by atoms with Gasteiger partial charge in [0, 0.05) is 23.7 Å². The highest BCUT2D eigenvalue weighted by atomic mass is 19.1. The molecule has 3 saturated carbocycles. The third-order valence-electron chi connectivity index (χ3n) is 6.95. The van der Waals surface area contributed by atoms with Crippen LogP contribution in [0.15, 0.2) is 29.8 Å². The molecule has 31 heavy (non-hydrogen) atoms. The van der Waals surface area contributed by atoms with Gasteiger partial charge in [-0.3, -0.25) is 4.79 Å². The lowest BCUT2D eigenvalue weighted by molar-refractivity contribution is -0.443. The maximum absolute atomic E-state index is 13.7. The average molecular weight is 419 g/mol. The standard InChI is InChI=1S/C22H19FN6O2/c23-14-5-15-16(9-26-19(15)25-8-14)20-24-6-13-7-27-29(21(13)28-20)10-17-11-1-3-12(4-2-11)18(17)22(30)31/h5-12,17-18H,1-4H2,(H-,24,25,26,27,28,30,31)/p+1/b29-10+/t11?,12?,17?,18-/m1/s1. The molecule has 2 bridgehead atoms. The number of nitrogens with one attached hydrogen (secondary N) is 1. The minimum absolute atomic E-state index is 0.0714. The number of aromatic nitrogens is 4. The molecule has 8 nitrogen and oxygen atoms in total. The molecule has 1 aliphatic heterocycles. The van der Waals surface area contributed by atoms with Crippen molar-refractivity contribution in [1.82, 2.24) is 19.9 Å². The number of carboxylic acids is 1. The lowest BCUT2D eigenvalue weighted by Gasteiger charge is -2.44. The first kappa shape index (κ1) is 18.3. The molecular weight excluding hydrogens is 399 g/mol. The summed E-state index contributed by atoms with van der Waals surface area (Å²) in [7, 11) is 0. The zero-order valence-corrected chi connectivity index (χ0v) is 16.6. The Hall–Kier alpha value is -3.49. The summed E-state index contributed by atoms with van der Waals surface area (Å²) in [6.07, 6.45) is 12.3. The Bertz CT molecular complexity index is 1270.